The molecule has 2 N–H and O–H groups in total. The number of nitrogens with two attached hydrogens (primary N) is 1. The molecule has 0 bridgehead atoms. The van der Waals surface area contributed by atoms with E-state index < -0.39 is 0 Å². The van der Waals surface area contributed by atoms with Crippen LogP contribution in [0.5, 0.6) is 0 Å². The van der Waals surface area contributed by atoms with E-state index in [4.69, 9.17) is 5.73 Å². The third-order valence-electron chi connectivity index (χ3n) is 3.20. The third-order valence-corrected chi connectivity index (χ3v) is 3.20. The van der Waals surface area contributed by atoms with Gasteiger partial charge in [-0.2, -0.15) is 0 Å². The molecular weight excluding hydrogens is 200 g/mol. The molecule has 0 aromatic heterocycles. The number of hydrogen-bond donors (Lipinski definition) is 1. The summed E-state index contributed by atoms with van der Waals surface area (Å²) in [6.45, 7) is 11.4. The Morgan fingerprint density at radius 3 is 2.44 bits per heavy atom. The summed E-state index contributed by atoms with van der Waals surface area (Å²) in [7, 11) is 0. The van der Waals surface area contributed by atoms with Gasteiger partial charge < -0.3 is 10.6 Å². The second-order valence-electron chi connectivity index (χ2n) is 6.85. The normalized spacial score (nSPS) is 25.6. The van der Waals surface area contributed by atoms with Gasteiger partial charge in [-0.15, -0.1) is 0 Å². The number of carbonyl (C=O) groups is 1. The molecule has 0 saturated carbocycles. The van der Waals surface area contributed by atoms with Crippen molar-refractivity contribution in [2.75, 3.05) is 6.54 Å². The van der Waals surface area contributed by atoms with Gasteiger partial charge in [0.2, 0.25) is 5.91 Å². The Morgan fingerprint density at radius 1 is 1.44 bits per heavy atom. The highest BCUT2D eigenvalue weighted by molar-refractivity contribution is 5.77. The van der Waals surface area contributed by atoms with E-state index in [1.165, 1.54) is 0 Å². The average molecular weight is 226 g/mol. The van der Waals surface area contributed by atoms with Crippen LogP contribution in [-0.2, 0) is 4.79 Å². The van der Waals surface area contributed by atoms with E-state index in [1.807, 2.05) is 4.90 Å². The van der Waals surface area contributed by atoms with Gasteiger partial charge in [0.25, 0.3) is 0 Å². The fraction of sp³-hybridized carbons (Fsp3) is 0.923. The number of nitrogens with zero attached hydrogens (tertiary/aromatic N) is 1. The van der Waals surface area contributed by atoms with Crippen LogP contribution in [-0.4, -0.2) is 28.9 Å². The molecular formula is C13H26N2O. The van der Waals surface area contributed by atoms with Crippen molar-refractivity contribution in [1.82, 2.24) is 4.90 Å². The summed E-state index contributed by atoms with van der Waals surface area (Å²) in [5.41, 5.74) is 5.94. The summed E-state index contributed by atoms with van der Waals surface area (Å²) in [5, 5.41) is 0. The standard InChI is InChI=1S/C13H26N2O/c1-12(2,3)9-11(16)15-7-6-10(14)8-13(15,4)5/h10H,6-9,14H2,1-5H3. The summed E-state index contributed by atoms with van der Waals surface area (Å²) >= 11 is 0. The van der Waals surface area contributed by atoms with Gasteiger partial charge >= 0.3 is 0 Å². The van der Waals surface area contributed by atoms with E-state index in [2.05, 4.69) is 34.6 Å². The molecule has 1 saturated heterocycles. The highest BCUT2D eigenvalue weighted by atomic mass is 16.2. The summed E-state index contributed by atoms with van der Waals surface area (Å²) < 4.78 is 0. The van der Waals surface area contributed by atoms with Gasteiger partial charge in [0, 0.05) is 24.5 Å². The molecule has 0 spiro atoms. The topological polar surface area (TPSA) is 46.3 Å². The van der Waals surface area contributed by atoms with E-state index in [0.717, 1.165) is 19.4 Å². The first-order valence-electron chi connectivity index (χ1n) is 6.18. The van der Waals surface area contributed by atoms with Crippen LogP contribution in [0.2, 0.25) is 0 Å². The molecule has 1 atom stereocenters. The van der Waals surface area contributed by atoms with E-state index in [-0.39, 0.29) is 22.9 Å². The molecule has 3 heteroatoms. The first kappa shape index (κ1) is 13.5. The van der Waals surface area contributed by atoms with Crippen LogP contribution >= 0.6 is 0 Å². The zero-order valence-electron chi connectivity index (χ0n) is 11.3. The van der Waals surface area contributed by atoms with Gasteiger partial charge in [-0.1, -0.05) is 20.8 Å². The fourth-order valence-electron chi connectivity index (χ4n) is 2.46. The van der Waals surface area contributed by atoms with Crippen molar-refractivity contribution >= 4 is 5.91 Å². The summed E-state index contributed by atoms with van der Waals surface area (Å²) in [5.74, 6) is 0.268. The Morgan fingerprint density at radius 2 is 2.00 bits per heavy atom. The lowest BCUT2D eigenvalue weighted by Gasteiger charge is -2.45. The van der Waals surface area contributed by atoms with Crippen molar-refractivity contribution in [3.05, 3.63) is 0 Å². The van der Waals surface area contributed by atoms with Crippen LogP contribution in [0.25, 0.3) is 0 Å². The Labute approximate surface area is 99.4 Å². The Hall–Kier alpha value is -0.570. The number of rotatable bonds is 1. The van der Waals surface area contributed by atoms with E-state index in [0.29, 0.717) is 6.42 Å². The number of hydrogen-bond acceptors (Lipinski definition) is 2. The zero-order chi connectivity index (χ0) is 12.6. The van der Waals surface area contributed by atoms with Crippen molar-refractivity contribution in [1.29, 1.82) is 0 Å². The molecule has 0 aromatic rings. The monoisotopic (exact) mass is 226 g/mol. The second-order valence-corrected chi connectivity index (χ2v) is 6.85. The van der Waals surface area contributed by atoms with Crippen molar-refractivity contribution in [3.63, 3.8) is 0 Å². The van der Waals surface area contributed by atoms with Crippen molar-refractivity contribution in [3.8, 4) is 0 Å². The van der Waals surface area contributed by atoms with Gasteiger partial charge in [0.05, 0.1) is 0 Å². The Bertz CT molecular complexity index is 266. The minimum atomic E-state index is -0.0833. The SMILES string of the molecule is CC(C)(C)CC(=O)N1CCC(N)CC1(C)C. The lowest BCUT2D eigenvalue weighted by atomic mass is 9.85. The lowest BCUT2D eigenvalue weighted by Crippen LogP contribution is -2.56. The fourth-order valence-corrected chi connectivity index (χ4v) is 2.46. The van der Waals surface area contributed by atoms with Gasteiger partial charge in [-0.25, -0.2) is 0 Å². The lowest BCUT2D eigenvalue weighted by molar-refractivity contribution is -0.140. The zero-order valence-corrected chi connectivity index (χ0v) is 11.3. The predicted octanol–water partition coefficient (Wildman–Crippen LogP) is 2.15. The minimum Gasteiger partial charge on any atom is -0.337 e. The largest absolute Gasteiger partial charge is 0.337 e. The first-order valence-corrected chi connectivity index (χ1v) is 6.18. The molecule has 1 unspecified atom stereocenters. The molecule has 1 aliphatic rings. The molecule has 16 heavy (non-hydrogen) atoms. The molecule has 3 nitrogen and oxygen atoms in total. The second kappa shape index (κ2) is 4.36. The average Bonchev–Trinajstić information content (AvgIpc) is 1.97. The number of carbonyl (C=O) groups excluding carboxylic acids is 1. The van der Waals surface area contributed by atoms with Crippen molar-refractivity contribution < 1.29 is 4.79 Å². The van der Waals surface area contributed by atoms with Crippen molar-refractivity contribution in [2.24, 2.45) is 11.1 Å². The van der Waals surface area contributed by atoms with Crippen LogP contribution in [0, 0.1) is 5.41 Å². The summed E-state index contributed by atoms with van der Waals surface area (Å²) in [6.07, 6.45) is 2.45. The Balaban J connectivity index is 2.69. The molecule has 94 valence electrons. The first-order chi connectivity index (χ1) is 7.12. The maximum atomic E-state index is 12.2. The number of piperidine rings is 1. The van der Waals surface area contributed by atoms with E-state index >= 15 is 0 Å². The highest BCUT2D eigenvalue weighted by Gasteiger charge is 2.37. The van der Waals surface area contributed by atoms with Crippen molar-refractivity contribution in [2.45, 2.75) is 65.5 Å². The molecule has 1 rings (SSSR count). The maximum absolute atomic E-state index is 12.2. The van der Waals surface area contributed by atoms with E-state index in [1.54, 1.807) is 0 Å². The molecule has 1 heterocycles. The molecule has 1 amide bonds. The molecule has 0 radical (unpaired) electrons. The third kappa shape index (κ3) is 3.48. The van der Waals surface area contributed by atoms with Gasteiger partial charge in [0.15, 0.2) is 0 Å². The van der Waals surface area contributed by atoms with Gasteiger partial charge in [-0.3, -0.25) is 4.79 Å². The van der Waals surface area contributed by atoms with Gasteiger partial charge in [-0.05, 0) is 32.1 Å². The van der Waals surface area contributed by atoms with Crippen LogP contribution < -0.4 is 5.73 Å². The van der Waals surface area contributed by atoms with Crippen LogP contribution in [0.3, 0.4) is 0 Å². The van der Waals surface area contributed by atoms with Crippen LogP contribution in [0.1, 0.15) is 53.9 Å². The molecule has 1 aliphatic heterocycles. The molecule has 0 aliphatic carbocycles. The van der Waals surface area contributed by atoms with E-state index in [9.17, 15) is 4.79 Å². The highest BCUT2D eigenvalue weighted by Crippen LogP contribution is 2.30. The smallest absolute Gasteiger partial charge is 0.223 e. The minimum absolute atomic E-state index is 0.0622. The predicted molar refractivity (Wildman–Crippen MR) is 67.1 cm³/mol. The maximum Gasteiger partial charge on any atom is 0.223 e. The van der Waals surface area contributed by atoms with Crippen LogP contribution in [0.4, 0.5) is 0 Å². The van der Waals surface area contributed by atoms with Crippen LogP contribution in [0.15, 0.2) is 0 Å². The quantitative estimate of drug-likeness (QED) is 0.744. The van der Waals surface area contributed by atoms with Gasteiger partial charge in [0.1, 0.15) is 0 Å². The number of likely N-dealkylation sites (tertiary alicyclic amines) is 1. The number of amides is 1. The Kier molecular flexibility index (Phi) is 3.68. The molecule has 0 aromatic carbocycles. The summed E-state index contributed by atoms with van der Waals surface area (Å²) in [4.78, 5) is 14.2. The molecule has 1 fully saturated rings. The summed E-state index contributed by atoms with van der Waals surface area (Å²) in [6, 6.07) is 0.244.